The van der Waals surface area contributed by atoms with Crippen LogP contribution in [0.15, 0.2) is 23.1 Å². The second kappa shape index (κ2) is 6.92. The molecule has 0 radical (unpaired) electrons. The number of benzene rings is 1. The fourth-order valence-electron chi connectivity index (χ4n) is 1.62. The summed E-state index contributed by atoms with van der Waals surface area (Å²) in [5.41, 5.74) is 1.07. The van der Waals surface area contributed by atoms with Gasteiger partial charge in [-0.1, -0.05) is 13.8 Å². The van der Waals surface area contributed by atoms with E-state index in [0.717, 1.165) is 24.3 Å². The SMILES string of the molecule is CCCSc1ccc(F)cc1C(C)NCC. The Balaban J connectivity index is 2.88. The van der Waals surface area contributed by atoms with Crippen molar-refractivity contribution >= 4 is 11.8 Å². The second-order valence-corrected chi connectivity index (χ2v) is 4.95. The topological polar surface area (TPSA) is 12.0 Å². The average Bonchev–Trinajstić information content (AvgIpc) is 2.27. The lowest BCUT2D eigenvalue weighted by molar-refractivity contribution is 0.574. The number of nitrogens with one attached hydrogen (secondary N) is 1. The van der Waals surface area contributed by atoms with Gasteiger partial charge in [0, 0.05) is 10.9 Å². The average molecular weight is 241 g/mol. The van der Waals surface area contributed by atoms with Gasteiger partial charge in [-0.3, -0.25) is 0 Å². The molecule has 0 aliphatic heterocycles. The van der Waals surface area contributed by atoms with Gasteiger partial charge < -0.3 is 5.32 Å². The summed E-state index contributed by atoms with van der Waals surface area (Å²) in [7, 11) is 0. The van der Waals surface area contributed by atoms with Gasteiger partial charge in [-0.25, -0.2) is 4.39 Å². The van der Waals surface area contributed by atoms with Crippen molar-refractivity contribution in [1.29, 1.82) is 0 Å². The molecule has 0 saturated carbocycles. The van der Waals surface area contributed by atoms with Crippen molar-refractivity contribution in [3.63, 3.8) is 0 Å². The van der Waals surface area contributed by atoms with Crippen molar-refractivity contribution in [2.75, 3.05) is 12.3 Å². The highest BCUT2D eigenvalue weighted by Gasteiger charge is 2.10. The molecule has 0 amide bonds. The molecule has 0 fully saturated rings. The Bertz CT molecular complexity index is 328. The highest BCUT2D eigenvalue weighted by molar-refractivity contribution is 7.99. The van der Waals surface area contributed by atoms with Crippen molar-refractivity contribution in [3.8, 4) is 0 Å². The van der Waals surface area contributed by atoms with E-state index >= 15 is 0 Å². The van der Waals surface area contributed by atoms with E-state index in [1.54, 1.807) is 23.9 Å². The van der Waals surface area contributed by atoms with Crippen molar-refractivity contribution < 1.29 is 4.39 Å². The van der Waals surface area contributed by atoms with Crippen LogP contribution >= 0.6 is 11.8 Å². The van der Waals surface area contributed by atoms with Gasteiger partial charge in [0.25, 0.3) is 0 Å². The van der Waals surface area contributed by atoms with Gasteiger partial charge >= 0.3 is 0 Å². The van der Waals surface area contributed by atoms with Crippen molar-refractivity contribution in [2.45, 2.75) is 38.1 Å². The minimum atomic E-state index is -0.152. The van der Waals surface area contributed by atoms with Crippen molar-refractivity contribution in [1.82, 2.24) is 5.32 Å². The highest BCUT2D eigenvalue weighted by Crippen LogP contribution is 2.28. The monoisotopic (exact) mass is 241 g/mol. The lowest BCUT2D eigenvalue weighted by Gasteiger charge is -2.16. The second-order valence-electron chi connectivity index (χ2n) is 3.81. The zero-order valence-electron chi connectivity index (χ0n) is 10.2. The van der Waals surface area contributed by atoms with Crippen LogP contribution < -0.4 is 5.32 Å². The molecular weight excluding hydrogens is 221 g/mol. The van der Waals surface area contributed by atoms with Crippen LogP contribution in [0.3, 0.4) is 0 Å². The Morgan fingerprint density at radius 1 is 1.38 bits per heavy atom. The fraction of sp³-hybridized carbons (Fsp3) is 0.538. The van der Waals surface area contributed by atoms with Crippen molar-refractivity contribution in [2.24, 2.45) is 0 Å². The molecule has 1 aromatic rings. The molecule has 1 atom stereocenters. The summed E-state index contributed by atoms with van der Waals surface area (Å²) >= 11 is 1.80. The first kappa shape index (κ1) is 13.5. The van der Waals surface area contributed by atoms with E-state index in [1.165, 1.54) is 4.90 Å². The molecule has 0 aliphatic rings. The van der Waals surface area contributed by atoms with Crippen LogP contribution in [0.5, 0.6) is 0 Å². The van der Waals surface area contributed by atoms with Gasteiger partial charge in [0.15, 0.2) is 0 Å². The summed E-state index contributed by atoms with van der Waals surface area (Å²) in [6.45, 7) is 7.20. The largest absolute Gasteiger partial charge is 0.310 e. The van der Waals surface area contributed by atoms with Crippen LogP contribution in [-0.4, -0.2) is 12.3 Å². The Morgan fingerprint density at radius 2 is 2.12 bits per heavy atom. The molecule has 0 bridgehead atoms. The Morgan fingerprint density at radius 3 is 2.75 bits per heavy atom. The first-order chi connectivity index (χ1) is 7.69. The van der Waals surface area contributed by atoms with Crippen LogP contribution in [-0.2, 0) is 0 Å². The molecule has 1 N–H and O–H groups in total. The maximum Gasteiger partial charge on any atom is 0.123 e. The molecule has 0 aromatic heterocycles. The summed E-state index contributed by atoms with van der Waals surface area (Å²) < 4.78 is 13.2. The van der Waals surface area contributed by atoms with Crippen LogP contribution in [0.2, 0.25) is 0 Å². The summed E-state index contributed by atoms with van der Waals surface area (Å²) in [5.74, 6) is 0.929. The van der Waals surface area contributed by atoms with E-state index in [9.17, 15) is 4.39 Å². The first-order valence-corrected chi connectivity index (χ1v) is 6.83. The quantitative estimate of drug-likeness (QED) is 0.756. The smallest absolute Gasteiger partial charge is 0.123 e. The number of halogens is 1. The van der Waals surface area contributed by atoms with E-state index in [-0.39, 0.29) is 11.9 Å². The first-order valence-electron chi connectivity index (χ1n) is 5.84. The third kappa shape index (κ3) is 3.80. The predicted octanol–water partition coefficient (Wildman–Crippen LogP) is 4.00. The van der Waals surface area contributed by atoms with E-state index in [1.807, 2.05) is 6.07 Å². The van der Waals surface area contributed by atoms with E-state index in [0.29, 0.717) is 0 Å². The maximum absolute atomic E-state index is 13.2. The highest BCUT2D eigenvalue weighted by atomic mass is 32.2. The normalized spacial score (nSPS) is 12.8. The van der Waals surface area contributed by atoms with Gasteiger partial charge in [-0.2, -0.15) is 0 Å². The molecule has 0 saturated heterocycles. The third-order valence-corrected chi connectivity index (χ3v) is 3.71. The van der Waals surface area contributed by atoms with Gasteiger partial charge in [0.05, 0.1) is 0 Å². The molecule has 16 heavy (non-hydrogen) atoms. The summed E-state index contributed by atoms with van der Waals surface area (Å²) in [6, 6.07) is 5.28. The van der Waals surface area contributed by atoms with Gasteiger partial charge in [0.1, 0.15) is 5.82 Å². The van der Waals surface area contributed by atoms with Crippen LogP contribution in [0.25, 0.3) is 0 Å². The molecule has 1 unspecified atom stereocenters. The van der Waals surface area contributed by atoms with Crippen molar-refractivity contribution in [3.05, 3.63) is 29.6 Å². The standard InChI is InChI=1S/C13H20FNS/c1-4-8-16-13-7-6-11(14)9-12(13)10(3)15-5-2/h6-7,9-10,15H,4-5,8H2,1-3H3. The lowest BCUT2D eigenvalue weighted by Crippen LogP contribution is -2.18. The minimum absolute atomic E-state index is 0.152. The Hall–Kier alpha value is -0.540. The number of hydrogen-bond donors (Lipinski definition) is 1. The third-order valence-electron chi connectivity index (χ3n) is 2.41. The molecule has 3 heteroatoms. The molecule has 1 nitrogen and oxygen atoms in total. The zero-order chi connectivity index (χ0) is 12.0. The number of thioether (sulfide) groups is 1. The minimum Gasteiger partial charge on any atom is -0.310 e. The molecule has 90 valence electrons. The molecular formula is C13H20FNS. The number of hydrogen-bond acceptors (Lipinski definition) is 2. The maximum atomic E-state index is 13.2. The fourth-order valence-corrected chi connectivity index (χ4v) is 2.61. The molecule has 1 aromatic carbocycles. The van der Waals surface area contributed by atoms with E-state index in [4.69, 9.17) is 0 Å². The summed E-state index contributed by atoms with van der Waals surface area (Å²) in [6.07, 6.45) is 1.14. The Labute approximate surface area is 102 Å². The summed E-state index contributed by atoms with van der Waals surface area (Å²) in [4.78, 5) is 1.19. The van der Waals surface area contributed by atoms with Crippen LogP contribution in [0, 0.1) is 5.82 Å². The van der Waals surface area contributed by atoms with E-state index < -0.39 is 0 Å². The predicted molar refractivity (Wildman–Crippen MR) is 69.5 cm³/mol. The molecule has 1 rings (SSSR count). The van der Waals surface area contributed by atoms with Gasteiger partial charge in [-0.05, 0) is 49.4 Å². The lowest BCUT2D eigenvalue weighted by atomic mass is 10.1. The Kier molecular flexibility index (Phi) is 5.85. The van der Waals surface area contributed by atoms with E-state index in [2.05, 4.69) is 26.1 Å². The van der Waals surface area contributed by atoms with Crippen LogP contribution in [0.4, 0.5) is 4.39 Å². The van der Waals surface area contributed by atoms with Gasteiger partial charge in [-0.15, -0.1) is 11.8 Å². The molecule has 0 heterocycles. The molecule has 0 spiro atoms. The zero-order valence-corrected chi connectivity index (χ0v) is 11.0. The molecule has 0 aliphatic carbocycles. The summed E-state index contributed by atoms with van der Waals surface area (Å²) in [5, 5.41) is 3.33. The number of rotatable bonds is 6. The van der Waals surface area contributed by atoms with Gasteiger partial charge in [0.2, 0.25) is 0 Å². The van der Waals surface area contributed by atoms with Crippen LogP contribution in [0.1, 0.15) is 38.8 Å².